The predicted molar refractivity (Wildman–Crippen MR) is 52.8 cm³/mol. The number of carbonyl (C=O) groups excluding carboxylic acids is 2. The second-order valence-corrected chi connectivity index (χ2v) is 4.60. The van der Waals surface area contributed by atoms with Gasteiger partial charge in [-0.2, -0.15) is 0 Å². The fourth-order valence-corrected chi connectivity index (χ4v) is 2.22. The van der Waals surface area contributed by atoms with Crippen LogP contribution in [0.25, 0.3) is 0 Å². The van der Waals surface area contributed by atoms with Crippen LogP contribution in [-0.4, -0.2) is 18.9 Å². The molecular weight excluding hydrogens is 204 g/mol. The Labute approximate surface area is 88.1 Å². The first kappa shape index (κ1) is 11.2. The van der Waals surface area contributed by atoms with Crippen molar-refractivity contribution in [1.82, 2.24) is 0 Å². The Morgan fingerprint density at radius 2 is 2.21 bits per heavy atom. The van der Waals surface area contributed by atoms with Gasteiger partial charge >= 0.3 is 5.97 Å². The molecule has 1 atom stereocenters. The van der Waals surface area contributed by atoms with Crippen LogP contribution in [0.2, 0.25) is 0 Å². The zero-order valence-corrected chi connectivity index (χ0v) is 9.22. The summed E-state index contributed by atoms with van der Waals surface area (Å²) < 4.78 is 4.60. The van der Waals surface area contributed by atoms with Gasteiger partial charge in [0.25, 0.3) is 0 Å². The molecule has 0 aliphatic heterocycles. The van der Waals surface area contributed by atoms with E-state index in [-0.39, 0.29) is 5.78 Å². The van der Waals surface area contributed by atoms with Gasteiger partial charge in [-0.1, -0.05) is 25.4 Å². The largest absolute Gasteiger partial charge is 0.468 e. The third-order valence-corrected chi connectivity index (χ3v) is 2.67. The van der Waals surface area contributed by atoms with Gasteiger partial charge in [0.05, 0.1) is 7.11 Å². The minimum atomic E-state index is -0.727. The number of methoxy groups -OCH3 is 1. The first-order valence-corrected chi connectivity index (χ1v) is 4.74. The van der Waals surface area contributed by atoms with Crippen LogP contribution in [0.3, 0.4) is 0 Å². The quantitative estimate of drug-likeness (QED) is 0.497. The van der Waals surface area contributed by atoms with Crippen LogP contribution >= 0.6 is 11.6 Å². The molecule has 0 saturated heterocycles. The van der Waals surface area contributed by atoms with Crippen molar-refractivity contribution in [3.8, 4) is 0 Å². The molecule has 0 aromatic rings. The van der Waals surface area contributed by atoms with Gasteiger partial charge in [-0.25, -0.2) is 0 Å². The van der Waals surface area contributed by atoms with E-state index >= 15 is 0 Å². The average Bonchev–Trinajstić information content (AvgIpc) is 1.99. The van der Waals surface area contributed by atoms with E-state index in [1.807, 2.05) is 13.8 Å². The molecule has 1 aliphatic rings. The van der Waals surface area contributed by atoms with E-state index in [9.17, 15) is 9.59 Å². The molecule has 0 aromatic heterocycles. The van der Waals surface area contributed by atoms with Crippen molar-refractivity contribution >= 4 is 23.4 Å². The van der Waals surface area contributed by atoms with E-state index < -0.39 is 17.3 Å². The van der Waals surface area contributed by atoms with Gasteiger partial charge < -0.3 is 4.74 Å². The first-order chi connectivity index (χ1) is 6.38. The topological polar surface area (TPSA) is 43.4 Å². The number of allylic oxidation sites excluding steroid dienone is 2. The molecule has 1 unspecified atom stereocenters. The van der Waals surface area contributed by atoms with Crippen molar-refractivity contribution in [2.45, 2.75) is 20.3 Å². The summed E-state index contributed by atoms with van der Waals surface area (Å²) in [6, 6.07) is 0. The normalized spacial score (nSPS) is 25.6. The van der Waals surface area contributed by atoms with Crippen LogP contribution < -0.4 is 0 Å². The molecule has 1 rings (SSSR count). The summed E-state index contributed by atoms with van der Waals surface area (Å²) in [5.74, 6) is -1.48. The molecule has 78 valence electrons. The SMILES string of the molecule is COC(=O)C1C(=O)C=C(Cl)CC1(C)C. The van der Waals surface area contributed by atoms with Crippen LogP contribution in [0.1, 0.15) is 20.3 Å². The highest BCUT2D eigenvalue weighted by molar-refractivity contribution is 6.32. The standard InChI is InChI=1S/C10H13ClO3/c1-10(2)5-6(11)4-7(12)8(10)9(13)14-3/h4,8H,5H2,1-3H3. The van der Waals surface area contributed by atoms with Gasteiger partial charge in [-0.3, -0.25) is 9.59 Å². The van der Waals surface area contributed by atoms with E-state index in [0.29, 0.717) is 11.5 Å². The van der Waals surface area contributed by atoms with Crippen LogP contribution in [0.15, 0.2) is 11.1 Å². The molecule has 0 bridgehead atoms. The Morgan fingerprint density at radius 3 is 2.64 bits per heavy atom. The summed E-state index contributed by atoms with van der Waals surface area (Å²) in [5.41, 5.74) is -0.462. The molecule has 1 aliphatic carbocycles. The lowest BCUT2D eigenvalue weighted by Crippen LogP contribution is -2.40. The maximum absolute atomic E-state index is 11.6. The average molecular weight is 217 g/mol. The maximum atomic E-state index is 11.6. The number of esters is 1. The lowest BCUT2D eigenvalue weighted by atomic mass is 9.71. The zero-order chi connectivity index (χ0) is 10.9. The lowest BCUT2D eigenvalue weighted by molar-refractivity contribution is -0.153. The van der Waals surface area contributed by atoms with Gasteiger partial charge in [0, 0.05) is 5.03 Å². The molecular formula is C10H13ClO3. The Hall–Kier alpha value is -0.830. The predicted octanol–water partition coefficient (Wildman–Crippen LogP) is 1.90. The van der Waals surface area contributed by atoms with Crippen molar-refractivity contribution < 1.29 is 14.3 Å². The molecule has 0 N–H and O–H groups in total. The number of ether oxygens (including phenoxy) is 1. The van der Waals surface area contributed by atoms with E-state index in [0.717, 1.165) is 0 Å². The van der Waals surface area contributed by atoms with Crippen LogP contribution in [0.4, 0.5) is 0 Å². The minimum absolute atomic E-state index is 0.266. The van der Waals surface area contributed by atoms with Gasteiger partial charge in [0.2, 0.25) is 0 Å². The third-order valence-electron chi connectivity index (χ3n) is 2.43. The number of hydrogen-bond acceptors (Lipinski definition) is 3. The number of carbonyl (C=O) groups is 2. The smallest absolute Gasteiger partial charge is 0.317 e. The number of rotatable bonds is 1. The molecule has 0 radical (unpaired) electrons. The summed E-state index contributed by atoms with van der Waals surface area (Å²) in [6.45, 7) is 3.67. The molecule has 14 heavy (non-hydrogen) atoms. The molecule has 0 heterocycles. The Morgan fingerprint density at radius 1 is 1.64 bits per heavy atom. The molecule has 0 aromatic carbocycles. The number of hydrogen-bond donors (Lipinski definition) is 0. The highest BCUT2D eigenvalue weighted by Crippen LogP contribution is 2.40. The molecule has 0 fully saturated rings. The van der Waals surface area contributed by atoms with Gasteiger partial charge in [-0.15, -0.1) is 0 Å². The fraction of sp³-hybridized carbons (Fsp3) is 0.600. The Bertz CT molecular complexity index is 304. The van der Waals surface area contributed by atoms with E-state index in [1.165, 1.54) is 13.2 Å². The summed E-state index contributed by atoms with van der Waals surface area (Å²) in [5, 5.41) is 0.500. The summed E-state index contributed by atoms with van der Waals surface area (Å²) in [7, 11) is 1.28. The van der Waals surface area contributed by atoms with Gasteiger partial charge in [0.15, 0.2) is 5.78 Å². The zero-order valence-electron chi connectivity index (χ0n) is 8.46. The van der Waals surface area contributed by atoms with Crippen molar-refractivity contribution in [3.05, 3.63) is 11.1 Å². The molecule has 3 nitrogen and oxygen atoms in total. The van der Waals surface area contributed by atoms with Crippen LogP contribution in [-0.2, 0) is 14.3 Å². The minimum Gasteiger partial charge on any atom is -0.468 e. The maximum Gasteiger partial charge on any atom is 0.317 e. The second kappa shape index (κ2) is 3.73. The summed E-state index contributed by atoms with van der Waals surface area (Å²) >= 11 is 5.80. The van der Waals surface area contributed by atoms with E-state index in [2.05, 4.69) is 4.74 Å². The van der Waals surface area contributed by atoms with Crippen LogP contribution in [0, 0.1) is 11.3 Å². The second-order valence-electron chi connectivity index (χ2n) is 4.12. The third kappa shape index (κ3) is 1.98. The van der Waals surface area contributed by atoms with Crippen molar-refractivity contribution in [2.75, 3.05) is 7.11 Å². The molecule has 0 amide bonds. The van der Waals surface area contributed by atoms with Gasteiger partial charge in [0.1, 0.15) is 5.92 Å². The van der Waals surface area contributed by atoms with E-state index in [1.54, 1.807) is 0 Å². The highest BCUT2D eigenvalue weighted by Gasteiger charge is 2.43. The monoisotopic (exact) mass is 216 g/mol. The van der Waals surface area contributed by atoms with Crippen molar-refractivity contribution in [1.29, 1.82) is 0 Å². The molecule has 0 saturated carbocycles. The van der Waals surface area contributed by atoms with Crippen LogP contribution in [0.5, 0.6) is 0 Å². The van der Waals surface area contributed by atoms with E-state index in [4.69, 9.17) is 11.6 Å². The highest BCUT2D eigenvalue weighted by atomic mass is 35.5. The fourth-order valence-electron chi connectivity index (χ4n) is 1.76. The number of halogens is 1. The summed E-state index contributed by atoms with van der Waals surface area (Å²) in [6.07, 6.45) is 1.84. The van der Waals surface area contributed by atoms with Crippen molar-refractivity contribution in [3.63, 3.8) is 0 Å². The Balaban J connectivity index is 3.04. The molecule has 4 heteroatoms. The van der Waals surface area contributed by atoms with Gasteiger partial charge in [-0.05, 0) is 17.9 Å². The lowest BCUT2D eigenvalue weighted by Gasteiger charge is -2.33. The summed E-state index contributed by atoms with van der Waals surface area (Å²) in [4.78, 5) is 22.9. The molecule has 0 spiro atoms. The number of ketones is 1. The van der Waals surface area contributed by atoms with Crippen molar-refractivity contribution in [2.24, 2.45) is 11.3 Å². The first-order valence-electron chi connectivity index (χ1n) is 4.36. The Kier molecular flexibility index (Phi) is 3.00.